The van der Waals surface area contributed by atoms with E-state index in [9.17, 15) is 14.9 Å². The third kappa shape index (κ3) is 4.10. The molecule has 1 aromatic carbocycles. The van der Waals surface area contributed by atoms with Crippen LogP contribution >= 0.6 is 11.8 Å². The van der Waals surface area contributed by atoms with Gasteiger partial charge in [-0.3, -0.25) is 14.9 Å². The predicted octanol–water partition coefficient (Wildman–Crippen LogP) is 2.80. The van der Waals surface area contributed by atoms with Crippen molar-refractivity contribution in [2.75, 3.05) is 5.75 Å². The van der Waals surface area contributed by atoms with E-state index in [1.165, 1.54) is 12.1 Å². The molecule has 8 nitrogen and oxygen atoms in total. The average molecular weight is 348 g/mol. The van der Waals surface area contributed by atoms with Gasteiger partial charge in [-0.05, 0) is 18.9 Å². The molecule has 1 fully saturated rings. The van der Waals surface area contributed by atoms with Crippen LogP contribution < -0.4 is 5.32 Å². The smallest absolute Gasteiger partial charge is 0.277 e. The number of carbonyl (C=O) groups is 1. The number of nitro benzene ring substituents is 1. The lowest BCUT2D eigenvalue weighted by molar-refractivity contribution is -0.384. The average Bonchev–Trinajstić information content (AvgIpc) is 3.24. The van der Waals surface area contributed by atoms with Gasteiger partial charge in [0.15, 0.2) is 0 Å². The fourth-order valence-corrected chi connectivity index (χ4v) is 3.18. The Morgan fingerprint density at radius 2 is 2.17 bits per heavy atom. The fraction of sp³-hybridized carbons (Fsp3) is 0.400. The van der Waals surface area contributed by atoms with Gasteiger partial charge in [0.1, 0.15) is 0 Å². The van der Waals surface area contributed by atoms with Crippen molar-refractivity contribution >= 4 is 23.4 Å². The van der Waals surface area contributed by atoms with Crippen molar-refractivity contribution in [1.82, 2.24) is 15.5 Å². The van der Waals surface area contributed by atoms with Gasteiger partial charge in [0.05, 0.1) is 10.7 Å². The predicted molar refractivity (Wildman–Crippen MR) is 87.5 cm³/mol. The lowest BCUT2D eigenvalue weighted by Gasteiger charge is -2.10. The molecule has 24 heavy (non-hydrogen) atoms. The molecule has 0 unspecified atom stereocenters. The normalized spacial score (nSPS) is 14.7. The summed E-state index contributed by atoms with van der Waals surface area (Å²) in [5.74, 6) is 0.340. The summed E-state index contributed by atoms with van der Waals surface area (Å²) >= 11 is 1.15. The lowest BCUT2D eigenvalue weighted by Crippen LogP contribution is -2.33. The summed E-state index contributed by atoms with van der Waals surface area (Å²) < 4.78 is 5.46. The SMILES string of the molecule is O=C(CSc1nnc(-c2cccc([N+](=O)[O-])c2)o1)NC1CCCC1. The Kier molecular flexibility index (Phi) is 5.09. The van der Waals surface area contributed by atoms with Gasteiger partial charge in [-0.15, -0.1) is 10.2 Å². The molecule has 2 aromatic rings. The number of nitrogens with zero attached hydrogens (tertiary/aromatic N) is 3. The molecule has 0 radical (unpaired) electrons. The molecule has 1 amide bonds. The first-order chi connectivity index (χ1) is 11.6. The van der Waals surface area contributed by atoms with Crippen LogP contribution in [-0.4, -0.2) is 32.8 Å². The number of rotatable bonds is 6. The monoisotopic (exact) mass is 348 g/mol. The molecule has 0 spiro atoms. The van der Waals surface area contributed by atoms with Gasteiger partial charge in [0, 0.05) is 23.7 Å². The molecule has 9 heteroatoms. The maximum absolute atomic E-state index is 11.9. The lowest BCUT2D eigenvalue weighted by atomic mass is 10.2. The van der Waals surface area contributed by atoms with Crippen molar-refractivity contribution in [3.05, 3.63) is 34.4 Å². The summed E-state index contributed by atoms with van der Waals surface area (Å²) in [5.41, 5.74) is 0.426. The van der Waals surface area contributed by atoms with Gasteiger partial charge in [0.2, 0.25) is 11.8 Å². The van der Waals surface area contributed by atoms with Gasteiger partial charge in [0.25, 0.3) is 10.9 Å². The maximum Gasteiger partial charge on any atom is 0.277 e. The van der Waals surface area contributed by atoms with Crippen LogP contribution in [0.25, 0.3) is 11.5 Å². The molecule has 1 saturated carbocycles. The van der Waals surface area contributed by atoms with Crippen LogP contribution in [0.15, 0.2) is 33.9 Å². The molecular formula is C15H16N4O4S. The highest BCUT2D eigenvalue weighted by molar-refractivity contribution is 7.99. The molecule has 0 atom stereocenters. The van der Waals surface area contributed by atoms with Gasteiger partial charge in [-0.25, -0.2) is 0 Å². The first-order valence-electron chi connectivity index (χ1n) is 7.62. The van der Waals surface area contributed by atoms with Crippen molar-refractivity contribution < 1.29 is 14.1 Å². The van der Waals surface area contributed by atoms with E-state index in [1.807, 2.05) is 0 Å². The molecular weight excluding hydrogens is 332 g/mol. The van der Waals surface area contributed by atoms with Crippen LogP contribution in [0.2, 0.25) is 0 Å². The van der Waals surface area contributed by atoms with Gasteiger partial charge >= 0.3 is 0 Å². The zero-order chi connectivity index (χ0) is 16.9. The first-order valence-corrected chi connectivity index (χ1v) is 8.61. The van der Waals surface area contributed by atoms with Crippen molar-refractivity contribution in [3.63, 3.8) is 0 Å². The first kappa shape index (κ1) is 16.4. The minimum atomic E-state index is -0.483. The van der Waals surface area contributed by atoms with E-state index < -0.39 is 4.92 Å². The molecule has 1 aliphatic carbocycles. The Balaban J connectivity index is 1.58. The summed E-state index contributed by atoms with van der Waals surface area (Å²) in [4.78, 5) is 22.2. The Labute approximate surface area is 142 Å². The molecule has 1 heterocycles. The second kappa shape index (κ2) is 7.43. The fourth-order valence-electron chi connectivity index (χ4n) is 2.60. The molecule has 0 saturated heterocycles. The van der Waals surface area contributed by atoms with Crippen molar-refractivity contribution in [1.29, 1.82) is 0 Å². The summed E-state index contributed by atoms with van der Waals surface area (Å²) in [7, 11) is 0. The Morgan fingerprint density at radius 3 is 2.92 bits per heavy atom. The Hall–Kier alpha value is -2.42. The van der Waals surface area contributed by atoms with Crippen molar-refractivity contribution in [2.24, 2.45) is 0 Å². The highest BCUT2D eigenvalue weighted by Gasteiger charge is 2.18. The van der Waals surface area contributed by atoms with E-state index in [4.69, 9.17) is 4.42 Å². The van der Waals surface area contributed by atoms with Crippen LogP contribution in [0.5, 0.6) is 0 Å². The molecule has 1 aromatic heterocycles. The third-order valence-corrected chi connectivity index (χ3v) is 4.58. The van der Waals surface area contributed by atoms with Crippen LogP contribution in [0.3, 0.4) is 0 Å². The second-order valence-corrected chi connectivity index (χ2v) is 6.44. The number of nitrogens with one attached hydrogen (secondary N) is 1. The number of non-ortho nitro benzene ring substituents is 1. The molecule has 3 rings (SSSR count). The second-order valence-electron chi connectivity index (χ2n) is 5.52. The topological polar surface area (TPSA) is 111 Å². The highest BCUT2D eigenvalue weighted by atomic mass is 32.2. The van der Waals surface area contributed by atoms with Gasteiger partial charge in [-0.2, -0.15) is 0 Å². The standard InChI is InChI=1S/C15H16N4O4S/c20-13(16-11-5-1-2-6-11)9-24-15-18-17-14(23-15)10-4-3-7-12(8-10)19(21)22/h3-4,7-8,11H,1-2,5-6,9H2,(H,16,20). The van der Waals surface area contributed by atoms with E-state index in [0.717, 1.165) is 37.4 Å². The summed E-state index contributed by atoms with van der Waals surface area (Å²) in [5, 5.41) is 21.8. The number of aromatic nitrogens is 2. The molecule has 1 N–H and O–H groups in total. The Morgan fingerprint density at radius 1 is 1.38 bits per heavy atom. The molecule has 1 aliphatic rings. The quantitative estimate of drug-likeness (QED) is 0.485. The zero-order valence-electron chi connectivity index (χ0n) is 12.8. The third-order valence-electron chi connectivity index (χ3n) is 3.76. The van der Waals surface area contributed by atoms with Gasteiger partial charge in [-0.1, -0.05) is 30.7 Å². The van der Waals surface area contributed by atoms with Crippen LogP contribution in [0, 0.1) is 10.1 Å². The Bertz CT molecular complexity index is 743. The molecule has 126 valence electrons. The number of hydrogen-bond donors (Lipinski definition) is 1. The van der Waals surface area contributed by atoms with Crippen molar-refractivity contribution in [3.8, 4) is 11.5 Å². The summed E-state index contributed by atoms with van der Waals surface area (Å²) in [6.45, 7) is 0. The maximum atomic E-state index is 11.9. The van der Waals surface area contributed by atoms with E-state index in [0.29, 0.717) is 5.56 Å². The largest absolute Gasteiger partial charge is 0.411 e. The van der Waals surface area contributed by atoms with Crippen LogP contribution in [0.1, 0.15) is 25.7 Å². The van der Waals surface area contributed by atoms with E-state index in [2.05, 4.69) is 15.5 Å². The number of benzene rings is 1. The van der Waals surface area contributed by atoms with E-state index in [-0.39, 0.29) is 34.5 Å². The van der Waals surface area contributed by atoms with Crippen LogP contribution in [0.4, 0.5) is 5.69 Å². The summed E-state index contributed by atoms with van der Waals surface area (Å²) in [6, 6.07) is 6.25. The number of thioether (sulfide) groups is 1. The zero-order valence-corrected chi connectivity index (χ0v) is 13.6. The number of nitro groups is 1. The highest BCUT2D eigenvalue weighted by Crippen LogP contribution is 2.26. The van der Waals surface area contributed by atoms with Gasteiger partial charge < -0.3 is 9.73 Å². The summed E-state index contributed by atoms with van der Waals surface area (Å²) in [6.07, 6.45) is 4.39. The molecule has 0 bridgehead atoms. The van der Waals surface area contributed by atoms with E-state index >= 15 is 0 Å². The number of hydrogen-bond acceptors (Lipinski definition) is 7. The van der Waals surface area contributed by atoms with Crippen molar-refractivity contribution in [2.45, 2.75) is 36.9 Å². The number of carbonyl (C=O) groups excluding carboxylic acids is 1. The minimum Gasteiger partial charge on any atom is -0.411 e. The number of amides is 1. The van der Waals surface area contributed by atoms with E-state index in [1.54, 1.807) is 12.1 Å². The van der Waals surface area contributed by atoms with Crippen LogP contribution in [-0.2, 0) is 4.79 Å². The molecule has 0 aliphatic heterocycles. The minimum absolute atomic E-state index is 0.0455.